The molecule has 1 aromatic rings. The maximum Gasteiger partial charge on any atom is 0.261 e. The van der Waals surface area contributed by atoms with E-state index >= 15 is 0 Å². The van der Waals surface area contributed by atoms with Gasteiger partial charge in [0.1, 0.15) is 11.6 Å². The van der Waals surface area contributed by atoms with E-state index in [0.29, 0.717) is 23.7 Å². The fourth-order valence-corrected chi connectivity index (χ4v) is 4.21. The molecule has 3 rings (SSSR count). The Morgan fingerprint density at radius 3 is 2.74 bits per heavy atom. The number of rotatable bonds is 2. The molecule has 0 bridgehead atoms. The SMILES string of the molecule is CSc1[nH]c(=O)c(C(=O)N2CCC3(CCN(C)C3)C2)cc1C#N. The van der Waals surface area contributed by atoms with Gasteiger partial charge in [0.25, 0.3) is 11.5 Å². The van der Waals surface area contributed by atoms with Crippen molar-refractivity contribution < 1.29 is 4.79 Å². The van der Waals surface area contributed by atoms with Gasteiger partial charge in [-0.3, -0.25) is 9.59 Å². The third kappa shape index (κ3) is 2.89. The normalized spacial score (nSPS) is 24.3. The number of nitrogens with zero attached hydrogens (tertiary/aromatic N) is 3. The first kappa shape index (κ1) is 16.1. The second-order valence-corrected chi connectivity index (χ2v) is 7.35. The molecule has 3 heterocycles. The van der Waals surface area contributed by atoms with Crippen molar-refractivity contribution in [2.24, 2.45) is 5.41 Å². The summed E-state index contributed by atoms with van der Waals surface area (Å²) in [6.45, 7) is 3.44. The second kappa shape index (κ2) is 6.02. The molecule has 1 amide bonds. The monoisotopic (exact) mass is 332 g/mol. The van der Waals surface area contributed by atoms with Gasteiger partial charge in [0.15, 0.2) is 0 Å². The number of hydrogen-bond acceptors (Lipinski definition) is 5. The summed E-state index contributed by atoms with van der Waals surface area (Å²) in [5, 5.41) is 9.70. The summed E-state index contributed by atoms with van der Waals surface area (Å²) >= 11 is 1.29. The fraction of sp³-hybridized carbons (Fsp3) is 0.562. The van der Waals surface area contributed by atoms with Crippen LogP contribution in [-0.2, 0) is 0 Å². The van der Waals surface area contributed by atoms with E-state index in [0.717, 1.165) is 25.9 Å². The standard InChI is InChI=1S/C16H20N4O2S/c1-19-5-3-16(9-19)4-6-20(10-16)15(22)12-7-11(8-17)14(23-2)18-13(12)21/h7H,3-6,9-10H2,1-2H3,(H,18,21). The number of H-pyrrole nitrogens is 1. The number of aromatic amines is 1. The van der Waals surface area contributed by atoms with Gasteiger partial charge in [-0.1, -0.05) is 0 Å². The Bertz CT molecular complexity index is 739. The van der Waals surface area contributed by atoms with E-state index in [-0.39, 0.29) is 16.9 Å². The van der Waals surface area contributed by atoms with Gasteiger partial charge in [0.05, 0.1) is 10.6 Å². The molecule has 1 N–H and O–H groups in total. The maximum absolute atomic E-state index is 12.7. The van der Waals surface area contributed by atoms with Crippen LogP contribution in [0.5, 0.6) is 0 Å². The van der Waals surface area contributed by atoms with Crippen molar-refractivity contribution in [3.8, 4) is 6.07 Å². The predicted molar refractivity (Wildman–Crippen MR) is 88.6 cm³/mol. The Balaban J connectivity index is 1.85. The molecular formula is C16H20N4O2S. The number of pyridine rings is 1. The minimum absolute atomic E-state index is 0.0720. The molecule has 23 heavy (non-hydrogen) atoms. The summed E-state index contributed by atoms with van der Waals surface area (Å²) in [5.74, 6) is -0.262. The van der Waals surface area contributed by atoms with Crippen molar-refractivity contribution in [3.05, 3.63) is 27.5 Å². The molecule has 1 atom stereocenters. The van der Waals surface area contributed by atoms with Crippen molar-refractivity contribution >= 4 is 17.7 Å². The lowest BCUT2D eigenvalue weighted by Crippen LogP contribution is -2.36. The molecule has 2 aliphatic rings. The van der Waals surface area contributed by atoms with Crippen LogP contribution < -0.4 is 5.56 Å². The molecule has 2 saturated heterocycles. The zero-order valence-corrected chi connectivity index (χ0v) is 14.2. The van der Waals surface area contributed by atoms with Gasteiger partial charge in [-0.05, 0) is 38.8 Å². The molecule has 1 unspecified atom stereocenters. The van der Waals surface area contributed by atoms with Gasteiger partial charge in [-0.15, -0.1) is 11.8 Å². The molecule has 0 aliphatic carbocycles. The van der Waals surface area contributed by atoms with Crippen LogP contribution in [0.2, 0.25) is 0 Å². The third-order valence-corrected chi connectivity index (χ3v) is 5.64. The topological polar surface area (TPSA) is 80.2 Å². The van der Waals surface area contributed by atoms with Gasteiger partial charge in [-0.25, -0.2) is 0 Å². The first-order valence-corrected chi connectivity index (χ1v) is 8.90. The Morgan fingerprint density at radius 2 is 2.13 bits per heavy atom. The van der Waals surface area contributed by atoms with Crippen LogP contribution in [0.3, 0.4) is 0 Å². The van der Waals surface area contributed by atoms with Crippen molar-refractivity contribution in [1.29, 1.82) is 5.26 Å². The zero-order valence-electron chi connectivity index (χ0n) is 13.4. The van der Waals surface area contributed by atoms with Gasteiger partial charge >= 0.3 is 0 Å². The lowest BCUT2D eigenvalue weighted by molar-refractivity contribution is 0.0772. The summed E-state index contributed by atoms with van der Waals surface area (Å²) < 4.78 is 0. The smallest absolute Gasteiger partial charge is 0.261 e. The highest BCUT2D eigenvalue weighted by molar-refractivity contribution is 7.98. The number of aromatic nitrogens is 1. The van der Waals surface area contributed by atoms with Gasteiger partial charge in [0.2, 0.25) is 0 Å². The number of carbonyl (C=O) groups is 1. The van der Waals surface area contributed by atoms with Crippen LogP contribution in [0.4, 0.5) is 0 Å². The number of nitrogens with one attached hydrogen (secondary N) is 1. The molecule has 1 aromatic heterocycles. The van der Waals surface area contributed by atoms with Crippen LogP contribution in [0, 0.1) is 16.7 Å². The lowest BCUT2D eigenvalue weighted by atomic mass is 9.86. The fourth-order valence-electron chi connectivity index (χ4n) is 3.69. The molecule has 2 aliphatic heterocycles. The number of thioether (sulfide) groups is 1. The number of amides is 1. The zero-order chi connectivity index (χ0) is 16.6. The Labute approximate surface area is 139 Å². The predicted octanol–water partition coefficient (Wildman–Crippen LogP) is 1.14. The van der Waals surface area contributed by atoms with Crippen LogP contribution >= 0.6 is 11.8 Å². The summed E-state index contributed by atoms with van der Waals surface area (Å²) in [4.78, 5) is 31.6. The van der Waals surface area contributed by atoms with E-state index in [9.17, 15) is 14.9 Å². The third-order valence-electron chi connectivity index (χ3n) is 4.91. The summed E-state index contributed by atoms with van der Waals surface area (Å²) in [6.07, 6.45) is 3.86. The number of likely N-dealkylation sites (tertiary alicyclic amines) is 2. The van der Waals surface area contributed by atoms with Crippen LogP contribution in [-0.4, -0.2) is 60.2 Å². The van der Waals surface area contributed by atoms with E-state index in [1.807, 2.05) is 6.07 Å². The van der Waals surface area contributed by atoms with E-state index in [1.54, 1.807) is 11.2 Å². The molecule has 1 spiro atoms. The quantitative estimate of drug-likeness (QED) is 0.822. The van der Waals surface area contributed by atoms with Gasteiger partial charge in [0, 0.05) is 25.0 Å². The first-order chi connectivity index (χ1) is 11.0. The maximum atomic E-state index is 12.7. The molecule has 122 valence electrons. The lowest BCUT2D eigenvalue weighted by Gasteiger charge is -2.23. The van der Waals surface area contributed by atoms with Crippen molar-refractivity contribution in [3.63, 3.8) is 0 Å². The minimum atomic E-state index is -0.414. The minimum Gasteiger partial charge on any atom is -0.338 e. The first-order valence-electron chi connectivity index (χ1n) is 7.67. The van der Waals surface area contributed by atoms with E-state index < -0.39 is 5.56 Å². The molecule has 2 fully saturated rings. The largest absolute Gasteiger partial charge is 0.338 e. The van der Waals surface area contributed by atoms with E-state index in [1.165, 1.54) is 17.8 Å². The van der Waals surface area contributed by atoms with Gasteiger partial charge < -0.3 is 14.8 Å². The average Bonchev–Trinajstić information content (AvgIpc) is 3.12. The molecule has 7 heteroatoms. The highest BCUT2D eigenvalue weighted by Crippen LogP contribution is 2.39. The Morgan fingerprint density at radius 1 is 1.39 bits per heavy atom. The molecule has 0 saturated carbocycles. The Kier molecular flexibility index (Phi) is 4.21. The number of nitriles is 1. The van der Waals surface area contributed by atoms with Gasteiger partial charge in [-0.2, -0.15) is 5.26 Å². The highest BCUT2D eigenvalue weighted by Gasteiger charge is 2.44. The average molecular weight is 332 g/mol. The van der Waals surface area contributed by atoms with Crippen molar-refractivity contribution in [2.45, 2.75) is 17.9 Å². The number of hydrogen-bond donors (Lipinski definition) is 1. The van der Waals surface area contributed by atoms with Crippen molar-refractivity contribution in [2.75, 3.05) is 39.5 Å². The van der Waals surface area contributed by atoms with E-state index in [2.05, 4.69) is 16.9 Å². The Hall–Kier alpha value is -1.78. The van der Waals surface area contributed by atoms with Crippen LogP contribution in [0.15, 0.2) is 15.9 Å². The van der Waals surface area contributed by atoms with Crippen LogP contribution in [0.1, 0.15) is 28.8 Å². The summed E-state index contributed by atoms with van der Waals surface area (Å²) in [5.41, 5.74) is 0.176. The molecular weight excluding hydrogens is 312 g/mol. The second-order valence-electron chi connectivity index (χ2n) is 6.54. The van der Waals surface area contributed by atoms with Crippen molar-refractivity contribution in [1.82, 2.24) is 14.8 Å². The molecule has 0 radical (unpaired) electrons. The van der Waals surface area contributed by atoms with E-state index in [4.69, 9.17) is 0 Å². The number of carbonyl (C=O) groups excluding carboxylic acids is 1. The summed E-state index contributed by atoms with van der Waals surface area (Å²) in [6, 6.07) is 3.47. The van der Waals surface area contributed by atoms with Crippen LogP contribution in [0.25, 0.3) is 0 Å². The summed E-state index contributed by atoms with van der Waals surface area (Å²) in [7, 11) is 2.10. The highest BCUT2D eigenvalue weighted by atomic mass is 32.2. The molecule has 6 nitrogen and oxygen atoms in total. The molecule has 0 aromatic carbocycles.